The number of hydrogen-bond donors (Lipinski definition) is 2. The van der Waals surface area contributed by atoms with Crippen molar-refractivity contribution in [2.45, 2.75) is 12.8 Å². The monoisotopic (exact) mass is 378 g/mol. The molecule has 0 heterocycles. The van der Waals surface area contributed by atoms with Crippen LogP contribution in [-0.2, 0) is 9.59 Å². The van der Waals surface area contributed by atoms with Gasteiger partial charge in [0.2, 0.25) is 5.91 Å². The molecule has 0 bridgehead atoms. The van der Waals surface area contributed by atoms with Crippen LogP contribution in [0.2, 0.25) is 5.02 Å². The first-order chi connectivity index (χ1) is 12.5. The molecule has 0 aliphatic carbocycles. The van der Waals surface area contributed by atoms with Gasteiger partial charge in [-0.3, -0.25) is 25.2 Å². The second kappa shape index (κ2) is 9.53. The lowest BCUT2D eigenvalue weighted by Gasteiger charge is -2.09. The summed E-state index contributed by atoms with van der Waals surface area (Å²) in [6.07, 6.45) is -0.189. The van der Waals surface area contributed by atoms with E-state index in [0.717, 1.165) is 0 Å². The maximum Gasteiger partial charge on any atom is 0.276 e. The van der Waals surface area contributed by atoms with E-state index in [1.807, 2.05) is 0 Å². The van der Waals surface area contributed by atoms with Crippen LogP contribution in [0.5, 0.6) is 5.75 Å². The first-order valence-electron chi connectivity index (χ1n) is 7.69. The first-order valence-corrected chi connectivity index (χ1v) is 8.07. The fourth-order valence-corrected chi connectivity index (χ4v) is 2.14. The Morgan fingerprint density at radius 1 is 0.923 bits per heavy atom. The van der Waals surface area contributed by atoms with E-state index in [1.165, 1.54) is 24.3 Å². The summed E-state index contributed by atoms with van der Waals surface area (Å²) in [7, 11) is 0. The molecular formula is C18H16ClFN2O4. The zero-order valence-corrected chi connectivity index (χ0v) is 14.4. The zero-order valence-electron chi connectivity index (χ0n) is 13.6. The van der Waals surface area contributed by atoms with Crippen LogP contribution < -0.4 is 15.6 Å². The minimum Gasteiger partial charge on any atom is -0.482 e. The van der Waals surface area contributed by atoms with Crippen molar-refractivity contribution in [3.8, 4) is 5.75 Å². The maximum atomic E-state index is 12.8. The van der Waals surface area contributed by atoms with Crippen molar-refractivity contribution in [1.82, 2.24) is 10.9 Å². The van der Waals surface area contributed by atoms with Crippen molar-refractivity contribution in [3.05, 3.63) is 64.9 Å². The minimum absolute atomic E-state index is 0.0660. The van der Waals surface area contributed by atoms with Crippen molar-refractivity contribution in [2.75, 3.05) is 6.61 Å². The molecule has 136 valence electrons. The molecule has 8 heteroatoms. The molecule has 0 aliphatic heterocycles. The number of ether oxygens (including phenoxy) is 1. The van der Waals surface area contributed by atoms with E-state index < -0.39 is 17.6 Å². The number of ketones is 1. The highest BCUT2D eigenvalue weighted by Crippen LogP contribution is 2.22. The second-order valence-corrected chi connectivity index (χ2v) is 5.65. The van der Waals surface area contributed by atoms with Crippen LogP contribution in [0.3, 0.4) is 0 Å². The van der Waals surface area contributed by atoms with Gasteiger partial charge in [-0.15, -0.1) is 0 Å². The van der Waals surface area contributed by atoms with E-state index in [1.54, 1.807) is 24.3 Å². The Morgan fingerprint density at radius 3 is 2.27 bits per heavy atom. The highest BCUT2D eigenvalue weighted by atomic mass is 35.5. The Kier molecular flexibility index (Phi) is 7.11. The predicted octanol–water partition coefficient (Wildman–Crippen LogP) is 2.67. The van der Waals surface area contributed by atoms with E-state index in [0.29, 0.717) is 16.3 Å². The number of nitrogens with one attached hydrogen (secondary N) is 2. The van der Waals surface area contributed by atoms with Gasteiger partial charge in [-0.2, -0.15) is 0 Å². The molecule has 0 aromatic heterocycles. The molecule has 0 radical (unpaired) electrons. The van der Waals surface area contributed by atoms with Gasteiger partial charge >= 0.3 is 0 Å². The Hall–Kier alpha value is -2.93. The highest BCUT2D eigenvalue weighted by molar-refractivity contribution is 6.32. The Labute approximate surface area is 154 Å². The van der Waals surface area contributed by atoms with Crippen molar-refractivity contribution in [1.29, 1.82) is 0 Å². The van der Waals surface area contributed by atoms with Crippen LogP contribution in [0, 0.1) is 5.82 Å². The van der Waals surface area contributed by atoms with Crippen molar-refractivity contribution in [3.63, 3.8) is 0 Å². The number of benzene rings is 2. The van der Waals surface area contributed by atoms with Gasteiger partial charge in [0.05, 0.1) is 5.02 Å². The van der Waals surface area contributed by atoms with Crippen LogP contribution in [0.25, 0.3) is 0 Å². The van der Waals surface area contributed by atoms with Gasteiger partial charge in [0.15, 0.2) is 12.4 Å². The van der Waals surface area contributed by atoms with Gasteiger partial charge in [-0.05, 0) is 36.4 Å². The van der Waals surface area contributed by atoms with Crippen LogP contribution >= 0.6 is 11.6 Å². The number of hydrazine groups is 1. The molecule has 0 fully saturated rings. The van der Waals surface area contributed by atoms with Gasteiger partial charge < -0.3 is 4.74 Å². The van der Waals surface area contributed by atoms with Gasteiger partial charge in [0.1, 0.15) is 11.6 Å². The zero-order chi connectivity index (χ0) is 18.9. The largest absolute Gasteiger partial charge is 0.482 e. The Balaban J connectivity index is 1.68. The summed E-state index contributed by atoms with van der Waals surface area (Å²) in [6, 6.07) is 11.7. The second-order valence-electron chi connectivity index (χ2n) is 5.25. The molecule has 26 heavy (non-hydrogen) atoms. The van der Waals surface area contributed by atoms with E-state index in [-0.39, 0.29) is 25.2 Å². The van der Waals surface area contributed by atoms with Crippen molar-refractivity contribution < 1.29 is 23.5 Å². The molecule has 0 atom stereocenters. The number of carbonyl (C=O) groups is 3. The quantitative estimate of drug-likeness (QED) is 0.573. The van der Waals surface area contributed by atoms with E-state index in [4.69, 9.17) is 16.3 Å². The number of para-hydroxylation sites is 1. The predicted molar refractivity (Wildman–Crippen MR) is 93.2 cm³/mol. The maximum absolute atomic E-state index is 12.8. The fourth-order valence-electron chi connectivity index (χ4n) is 1.95. The lowest BCUT2D eigenvalue weighted by atomic mass is 10.1. The normalized spacial score (nSPS) is 10.1. The third-order valence-corrected chi connectivity index (χ3v) is 3.59. The SMILES string of the molecule is O=C(CCC(=O)c1ccc(F)cc1)NNC(=O)COc1ccccc1Cl. The van der Waals surface area contributed by atoms with Crippen LogP contribution in [0.15, 0.2) is 48.5 Å². The van der Waals surface area contributed by atoms with Crippen molar-refractivity contribution in [2.24, 2.45) is 0 Å². The molecule has 0 aliphatic rings. The fraction of sp³-hybridized carbons (Fsp3) is 0.167. The Morgan fingerprint density at radius 2 is 1.58 bits per heavy atom. The average molecular weight is 379 g/mol. The number of carbonyl (C=O) groups excluding carboxylic acids is 3. The molecule has 2 rings (SSSR count). The number of halogens is 2. The smallest absolute Gasteiger partial charge is 0.276 e. The summed E-state index contributed by atoms with van der Waals surface area (Å²) in [6.45, 7) is -0.335. The summed E-state index contributed by atoms with van der Waals surface area (Å²) in [5.74, 6) is -1.51. The summed E-state index contributed by atoms with van der Waals surface area (Å²) in [5.41, 5.74) is 4.68. The molecule has 6 nitrogen and oxygen atoms in total. The summed E-state index contributed by atoms with van der Waals surface area (Å²) in [5, 5.41) is 0.364. The molecule has 2 N–H and O–H groups in total. The number of Topliss-reactive ketones (excluding diaryl/α,β-unsaturated/α-hetero) is 1. The molecule has 2 aromatic carbocycles. The molecule has 0 saturated carbocycles. The lowest BCUT2D eigenvalue weighted by molar-refractivity contribution is -0.130. The summed E-state index contributed by atoms with van der Waals surface area (Å²) < 4.78 is 18.0. The van der Waals surface area contributed by atoms with E-state index >= 15 is 0 Å². The third kappa shape index (κ3) is 6.18. The average Bonchev–Trinajstić information content (AvgIpc) is 2.64. The van der Waals surface area contributed by atoms with Gasteiger partial charge in [-0.1, -0.05) is 23.7 Å². The molecule has 0 saturated heterocycles. The lowest BCUT2D eigenvalue weighted by Crippen LogP contribution is -2.43. The number of rotatable bonds is 7. The molecule has 2 amide bonds. The van der Waals surface area contributed by atoms with Crippen LogP contribution in [0.1, 0.15) is 23.2 Å². The Bertz CT molecular complexity index is 796. The standard InChI is InChI=1S/C18H16ClFN2O4/c19-14-3-1-2-4-16(14)26-11-18(25)22-21-17(24)10-9-15(23)12-5-7-13(20)8-6-12/h1-8H,9-11H2,(H,21,24)(H,22,25). The highest BCUT2D eigenvalue weighted by Gasteiger charge is 2.11. The summed E-state index contributed by atoms with van der Waals surface area (Å²) >= 11 is 5.89. The third-order valence-electron chi connectivity index (χ3n) is 3.28. The molecular weight excluding hydrogens is 363 g/mol. The van der Waals surface area contributed by atoms with E-state index in [2.05, 4.69) is 10.9 Å². The number of hydrogen-bond acceptors (Lipinski definition) is 4. The van der Waals surface area contributed by atoms with Crippen molar-refractivity contribution >= 4 is 29.2 Å². The number of amides is 2. The molecule has 2 aromatic rings. The minimum atomic E-state index is -0.580. The van der Waals surface area contributed by atoms with Gasteiger partial charge in [0, 0.05) is 18.4 Å². The first kappa shape index (κ1) is 19.4. The molecule has 0 unspecified atom stereocenters. The van der Waals surface area contributed by atoms with E-state index in [9.17, 15) is 18.8 Å². The van der Waals surface area contributed by atoms with Crippen LogP contribution in [0.4, 0.5) is 4.39 Å². The van der Waals surface area contributed by atoms with Gasteiger partial charge in [-0.25, -0.2) is 4.39 Å². The molecule has 0 spiro atoms. The summed E-state index contributed by atoms with van der Waals surface area (Å²) in [4.78, 5) is 35.2. The van der Waals surface area contributed by atoms with Gasteiger partial charge in [0.25, 0.3) is 5.91 Å². The topological polar surface area (TPSA) is 84.5 Å². The van der Waals surface area contributed by atoms with Crippen LogP contribution in [-0.4, -0.2) is 24.2 Å².